The Morgan fingerprint density at radius 3 is 2.19 bits per heavy atom. The van der Waals surface area contributed by atoms with Gasteiger partial charge in [-0.1, -0.05) is 39.8 Å². The van der Waals surface area contributed by atoms with Crippen LogP contribution in [0.5, 0.6) is 5.75 Å². The summed E-state index contributed by atoms with van der Waals surface area (Å²) in [6, 6.07) is 6.06. The molecule has 0 aromatic heterocycles. The summed E-state index contributed by atoms with van der Waals surface area (Å²) < 4.78 is 5.73. The Kier molecular flexibility index (Phi) is 6.73. The van der Waals surface area contributed by atoms with E-state index in [9.17, 15) is 4.79 Å². The number of hydrogen-bond donors (Lipinski definition) is 0. The molecule has 0 aliphatic heterocycles. The Bertz CT molecular complexity index is 456. The second-order valence-electron chi connectivity index (χ2n) is 6.64. The summed E-state index contributed by atoms with van der Waals surface area (Å²) in [5.41, 5.74) is 2.21. The summed E-state index contributed by atoms with van der Waals surface area (Å²) in [6.07, 6.45) is 0. The van der Waals surface area contributed by atoms with E-state index in [1.807, 2.05) is 36.9 Å². The molecule has 0 radical (unpaired) electrons. The molecule has 0 bridgehead atoms. The zero-order valence-corrected chi connectivity index (χ0v) is 14.3. The average Bonchev–Trinajstić information content (AvgIpc) is 2.37. The molecule has 0 spiro atoms. The molecule has 21 heavy (non-hydrogen) atoms. The van der Waals surface area contributed by atoms with Crippen LogP contribution in [0.2, 0.25) is 0 Å². The van der Waals surface area contributed by atoms with Gasteiger partial charge in [-0.2, -0.15) is 0 Å². The fourth-order valence-electron chi connectivity index (χ4n) is 2.25. The van der Waals surface area contributed by atoms with E-state index in [1.54, 1.807) is 0 Å². The highest BCUT2D eigenvalue weighted by atomic mass is 16.5. The molecule has 0 unspecified atom stereocenters. The molecule has 0 heterocycles. The molecule has 0 N–H and O–H groups in total. The molecule has 0 aliphatic carbocycles. The van der Waals surface area contributed by atoms with Gasteiger partial charge in [0.1, 0.15) is 5.75 Å². The number of hydrogen-bond acceptors (Lipinski definition) is 2. The van der Waals surface area contributed by atoms with Crippen molar-refractivity contribution in [3.05, 3.63) is 29.3 Å². The van der Waals surface area contributed by atoms with Crippen molar-refractivity contribution in [1.29, 1.82) is 0 Å². The first kappa shape index (κ1) is 17.5. The van der Waals surface area contributed by atoms with Crippen molar-refractivity contribution in [2.24, 2.45) is 11.8 Å². The summed E-state index contributed by atoms with van der Waals surface area (Å²) in [6.45, 7) is 14.2. The monoisotopic (exact) mass is 291 g/mol. The molecule has 1 amide bonds. The Labute approximate surface area is 129 Å². The number of aryl methyl sites for hydroxylation is 2. The zero-order valence-electron chi connectivity index (χ0n) is 14.3. The van der Waals surface area contributed by atoms with Gasteiger partial charge >= 0.3 is 0 Å². The number of carbonyl (C=O) groups is 1. The number of ether oxygens (including phenoxy) is 1. The number of carbonyl (C=O) groups excluding carboxylic acids is 1. The fraction of sp³-hybridized carbons (Fsp3) is 0.611. The fourth-order valence-corrected chi connectivity index (χ4v) is 2.25. The van der Waals surface area contributed by atoms with E-state index in [1.165, 1.54) is 0 Å². The second-order valence-corrected chi connectivity index (χ2v) is 6.64. The number of nitrogens with zero attached hydrogens (tertiary/aromatic N) is 1. The molecule has 0 saturated carbocycles. The van der Waals surface area contributed by atoms with Crippen molar-refractivity contribution in [2.45, 2.75) is 41.5 Å². The van der Waals surface area contributed by atoms with Crippen LogP contribution < -0.4 is 4.74 Å². The summed E-state index contributed by atoms with van der Waals surface area (Å²) in [5, 5.41) is 0. The molecule has 0 saturated heterocycles. The van der Waals surface area contributed by atoms with Crippen LogP contribution in [0, 0.1) is 25.7 Å². The van der Waals surface area contributed by atoms with Gasteiger partial charge in [-0.15, -0.1) is 0 Å². The van der Waals surface area contributed by atoms with E-state index in [2.05, 4.69) is 27.7 Å². The van der Waals surface area contributed by atoms with Gasteiger partial charge in [0.25, 0.3) is 5.91 Å². The van der Waals surface area contributed by atoms with E-state index >= 15 is 0 Å². The Hall–Kier alpha value is -1.51. The highest BCUT2D eigenvalue weighted by molar-refractivity contribution is 5.77. The van der Waals surface area contributed by atoms with Crippen LogP contribution in [-0.4, -0.2) is 30.5 Å². The topological polar surface area (TPSA) is 29.5 Å². The second kappa shape index (κ2) is 8.06. The SMILES string of the molecule is Cc1ccc(C)c(OCC(=O)N(CC(C)C)CC(C)C)c1. The third kappa shape index (κ3) is 6.19. The Morgan fingerprint density at radius 1 is 1.10 bits per heavy atom. The van der Waals surface area contributed by atoms with Crippen LogP contribution >= 0.6 is 0 Å². The molecule has 0 fully saturated rings. The van der Waals surface area contributed by atoms with E-state index in [4.69, 9.17) is 4.74 Å². The van der Waals surface area contributed by atoms with E-state index < -0.39 is 0 Å². The number of rotatable bonds is 7. The van der Waals surface area contributed by atoms with Crippen LogP contribution in [0.1, 0.15) is 38.8 Å². The molecule has 3 nitrogen and oxygen atoms in total. The Morgan fingerprint density at radius 2 is 1.67 bits per heavy atom. The number of benzene rings is 1. The predicted molar refractivity (Wildman–Crippen MR) is 87.7 cm³/mol. The first-order chi connectivity index (χ1) is 9.79. The maximum Gasteiger partial charge on any atom is 0.260 e. The maximum atomic E-state index is 12.4. The molecule has 1 aromatic carbocycles. The van der Waals surface area contributed by atoms with E-state index in [-0.39, 0.29) is 12.5 Å². The van der Waals surface area contributed by atoms with Crippen LogP contribution in [-0.2, 0) is 4.79 Å². The molecule has 1 rings (SSSR count). The smallest absolute Gasteiger partial charge is 0.260 e. The lowest BCUT2D eigenvalue weighted by Gasteiger charge is -2.26. The Balaban J connectivity index is 2.66. The molecule has 0 atom stereocenters. The van der Waals surface area contributed by atoms with Gasteiger partial charge in [-0.3, -0.25) is 4.79 Å². The minimum atomic E-state index is 0.0679. The van der Waals surface area contributed by atoms with Gasteiger partial charge in [0, 0.05) is 13.1 Å². The van der Waals surface area contributed by atoms with Gasteiger partial charge < -0.3 is 9.64 Å². The van der Waals surface area contributed by atoms with Gasteiger partial charge in [0.05, 0.1) is 0 Å². The lowest BCUT2D eigenvalue weighted by atomic mass is 10.1. The van der Waals surface area contributed by atoms with Gasteiger partial charge in [-0.05, 0) is 42.9 Å². The zero-order chi connectivity index (χ0) is 16.0. The molecule has 3 heteroatoms. The first-order valence-corrected chi connectivity index (χ1v) is 7.77. The van der Waals surface area contributed by atoms with Crippen molar-refractivity contribution >= 4 is 5.91 Å². The van der Waals surface area contributed by atoms with Crippen molar-refractivity contribution in [3.63, 3.8) is 0 Å². The van der Waals surface area contributed by atoms with Gasteiger partial charge in [-0.25, -0.2) is 0 Å². The normalized spacial score (nSPS) is 11.0. The summed E-state index contributed by atoms with van der Waals surface area (Å²) >= 11 is 0. The molecular formula is C18H29NO2. The maximum absolute atomic E-state index is 12.4. The van der Waals surface area contributed by atoms with E-state index in [0.717, 1.165) is 30.0 Å². The molecule has 1 aromatic rings. The van der Waals surface area contributed by atoms with Gasteiger partial charge in [0.15, 0.2) is 6.61 Å². The molecule has 118 valence electrons. The lowest BCUT2D eigenvalue weighted by molar-refractivity contribution is -0.134. The van der Waals surface area contributed by atoms with E-state index in [0.29, 0.717) is 11.8 Å². The predicted octanol–water partition coefficient (Wildman–Crippen LogP) is 3.82. The molecular weight excluding hydrogens is 262 g/mol. The van der Waals surface area contributed by atoms with Crippen LogP contribution in [0.4, 0.5) is 0 Å². The highest BCUT2D eigenvalue weighted by Crippen LogP contribution is 2.19. The van der Waals surface area contributed by atoms with Crippen LogP contribution in [0.25, 0.3) is 0 Å². The summed E-state index contributed by atoms with van der Waals surface area (Å²) in [4.78, 5) is 14.3. The lowest BCUT2D eigenvalue weighted by Crippen LogP contribution is -2.39. The first-order valence-electron chi connectivity index (χ1n) is 7.77. The van der Waals surface area contributed by atoms with Crippen molar-refractivity contribution in [3.8, 4) is 5.75 Å². The largest absolute Gasteiger partial charge is 0.483 e. The van der Waals surface area contributed by atoms with Crippen LogP contribution in [0.15, 0.2) is 18.2 Å². The average molecular weight is 291 g/mol. The minimum absolute atomic E-state index is 0.0679. The number of amides is 1. The molecule has 0 aliphatic rings. The van der Waals surface area contributed by atoms with Crippen molar-refractivity contribution in [2.75, 3.05) is 19.7 Å². The minimum Gasteiger partial charge on any atom is -0.483 e. The van der Waals surface area contributed by atoms with Crippen molar-refractivity contribution < 1.29 is 9.53 Å². The van der Waals surface area contributed by atoms with Crippen molar-refractivity contribution in [1.82, 2.24) is 4.90 Å². The quantitative estimate of drug-likeness (QED) is 0.764. The highest BCUT2D eigenvalue weighted by Gasteiger charge is 2.17. The van der Waals surface area contributed by atoms with Crippen LogP contribution in [0.3, 0.4) is 0 Å². The third-order valence-electron chi connectivity index (χ3n) is 3.22. The summed E-state index contributed by atoms with van der Waals surface area (Å²) in [7, 11) is 0. The standard InChI is InChI=1S/C18H29NO2/c1-13(2)10-19(11-14(3)4)18(20)12-21-17-9-15(5)7-8-16(17)6/h7-9,13-14H,10-12H2,1-6H3. The summed E-state index contributed by atoms with van der Waals surface area (Å²) in [5.74, 6) is 1.80. The third-order valence-corrected chi connectivity index (χ3v) is 3.22. The van der Waals surface area contributed by atoms with Gasteiger partial charge in [0.2, 0.25) is 0 Å².